The third-order valence-electron chi connectivity index (χ3n) is 1.71. The van der Waals surface area contributed by atoms with Crippen molar-refractivity contribution in [2.45, 2.75) is 6.10 Å². The molecule has 1 atom stereocenters. The third kappa shape index (κ3) is 1.69. The highest BCUT2D eigenvalue weighted by molar-refractivity contribution is 6.42. The number of benzene rings is 1. The molecule has 69 valence electrons. The Bertz CT molecular complexity index is 339. The highest BCUT2D eigenvalue weighted by Crippen LogP contribution is 2.38. The molecule has 1 heterocycles. The van der Waals surface area contributed by atoms with Crippen LogP contribution in [0, 0.1) is 6.92 Å². The lowest BCUT2D eigenvalue weighted by molar-refractivity contribution is 0.121. The first-order valence-electron chi connectivity index (χ1n) is 3.78. The zero-order valence-electron chi connectivity index (χ0n) is 6.72. The fourth-order valence-corrected chi connectivity index (χ4v) is 1.42. The molecule has 0 saturated carbocycles. The first-order valence-corrected chi connectivity index (χ1v) is 4.54. The van der Waals surface area contributed by atoms with Crippen LogP contribution in [0.25, 0.3) is 0 Å². The van der Waals surface area contributed by atoms with E-state index in [9.17, 15) is 0 Å². The second-order valence-corrected chi connectivity index (χ2v) is 3.58. The summed E-state index contributed by atoms with van der Waals surface area (Å²) < 4.78 is 10.7. The topological polar surface area (TPSA) is 18.5 Å². The van der Waals surface area contributed by atoms with Crippen LogP contribution in [-0.4, -0.2) is 12.7 Å². The van der Waals surface area contributed by atoms with Gasteiger partial charge in [-0.05, 0) is 6.92 Å². The predicted octanol–water partition coefficient (Wildman–Crippen LogP) is 2.97. The van der Waals surface area contributed by atoms with Crippen molar-refractivity contribution in [2.24, 2.45) is 0 Å². The fraction of sp³-hybridized carbons (Fsp3) is 0.222. The maximum atomic E-state index is 5.81. The molecule has 0 N–H and O–H groups in total. The van der Waals surface area contributed by atoms with Crippen LogP contribution in [0.3, 0.4) is 0 Å². The van der Waals surface area contributed by atoms with Crippen LogP contribution in [0.2, 0.25) is 10.0 Å². The van der Waals surface area contributed by atoms with E-state index in [0.29, 0.717) is 28.2 Å². The van der Waals surface area contributed by atoms with Crippen molar-refractivity contribution < 1.29 is 9.47 Å². The van der Waals surface area contributed by atoms with Crippen molar-refractivity contribution in [3.05, 3.63) is 29.1 Å². The summed E-state index contributed by atoms with van der Waals surface area (Å²) in [5.41, 5.74) is 0. The number of halogens is 2. The average molecular weight is 218 g/mol. The molecule has 2 rings (SSSR count). The maximum Gasteiger partial charge on any atom is 0.163 e. The summed E-state index contributed by atoms with van der Waals surface area (Å²) >= 11 is 11.6. The van der Waals surface area contributed by atoms with E-state index in [2.05, 4.69) is 6.92 Å². The molecule has 0 amide bonds. The van der Waals surface area contributed by atoms with Gasteiger partial charge in [-0.2, -0.15) is 0 Å². The zero-order valence-corrected chi connectivity index (χ0v) is 8.23. The Kier molecular flexibility index (Phi) is 2.26. The number of hydrogen-bond donors (Lipinski definition) is 0. The lowest BCUT2D eigenvalue weighted by Crippen LogP contribution is -2.25. The lowest BCUT2D eigenvalue weighted by Gasteiger charge is -2.24. The molecule has 0 spiro atoms. The van der Waals surface area contributed by atoms with Crippen molar-refractivity contribution in [1.82, 2.24) is 0 Å². The molecule has 1 radical (unpaired) electrons. The molecule has 0 aromatic heterocycles. The minimum Gasteiger partial charge on any atom is -0.486 e. The van der Waals surface area contributed by atoms with E-state index >= 15 is 0 Å². The highest BCUT2D eigenvalue weighted by Gasteiger charge is 2.18. The van der Waals surface area contributed by atoms with Crippen LogP contribution in [-0.2, 0) is 0 Å². The van der Waals surface area contributed by atoms with Crippen LogP contribution in [0.1, 0.15) is 0 Å². The van der Waals surface area contributed by atoms with E-state index in [4.69, 9.17) is 32.7 Å². The molecule has 1 aliphatic heterocycles. The van der Waals surface area contributed by atoms with Gasteiger partial charge >= 0.3 is 0 Å². The van der Waals surface area contributed by atoms with Crippen molar-refractivity contribution in [3.8, 4) is 11.5 Å². The first-order chi connectivity index (χ1) is 6.16. The zero-order chi connectivity index (χ0) is 9.42. The van der Waals surface area contributed by atoms with Gasteiger partial charge in [-0.3, -0.25) is 0 Å². The van der Waals surface area contributed by atoms with Gasteiger partial charge in [0.2, 0.25) is 0 Å². The number of fused-ring (bicyclic) bond motifs is 1. The molecule has 13 heavy (non-hydrogen) atoms. The predicted molar refractivity (Wildman–Crippen MR) is 51.7 cm³/mol. The Morgan fingerprint density at radius 2 is 1.85 bits per heavy atom. The lowest BCUT2D eigenvalue weighted by atomic mass is 10.3. The maximum absolute atomic E-state index is 5.81. The Hall–Kier alpha value is -0.600. The molecule has 0 fully saturated rings. The molecule has 1 aromatic carbocycles. The Morgan fingerprint density at radius 1 is 1.23 bits per heavy atom. The van der Waals surface area contributed by atoms with Crippen molar-refractivity contribution in [2.75, 3.05) is 6.61 Å². The molecule has 4 heteroatoms. The largest absolute Gasteiger partial charge is 0.486 e. The van der Waals surface area contributed by atoms with Gasteiger partial charge in [-0.1, -0.05) is 23.2 Å². The van der Waals surface area contributed by atoms with Crippen LogP contribution >= 0.6 is 23.2 Å². The van der Waals surface area contributed by atoms with Gasteiger partial charge in [0.15, 0.2) is 11.5 Å². The summed E-state index contributed by atoms with van der Waals surface area (Å²) in [5, 5.41) is 0.921. The highest BCUT2D eigenvalue weighted by atomic mass is 35.5. The van der Waals surface area contributed by atoms with Gasteiger partial charge in [-0.15, -0.1) is 0 Å². The summed E-state index contributed by atoms with van der Waals surface area (Å²) in [6.45, 7) is 4.16. The molecule has 2 nitrogen and oxygen atoms in total. The van der Waals surface area contributed by atoms with Crippen molar-refractivity contribution in [3.63, 3.8) is 0 Å². The minimum atomic E-state index is -0.190. The molecule has 1 aromatic rings. The van der Waals surface area contributed by atoms with Crippen LogP contribution in [0.4, 0.5) is 0 Å². The summed E-state index contributed by atoms with van der Waals surface area (Å²) in [4.78, 5) is 0. The number of ether oxygens (including phenoxy) is 2. The van der Waals surface area contributed by atoms with E-state index in [-0.39, 0.29) is 6.10 Å². The van der Waals surface area contributed by atoms with E-state index in [1.807, 2.05) is 0 Å². The van der Waals surface area contributed by atoms with E-state index < -0.39 is 0 Å². The van der Waals surface area contributed by atoms with Crippen LogP contribution in [0.5, 0.6) is 11.5 Å². The van der Waals surface area contributed by atoms with E-state index in [1.165, 1.54) is 0 Å². The van der Waals surface area contributed by atoms with Gasteiger partial charge in [0.05, 0.1) is 10.0 Å². The summed E-state index contributed by atoms with van der Waals surface area (Å²) in [5.74, 6) is 1.22. The minimum absolute atomic E-state index is 0.190. The molecule has 0 bridgehead atoms. The smallest absolute Gasteiger partial charge is 0.163 e. The Balaban J connectivity index is 2.43. The first kappa shape index (κ1) is 8.97. The molecule has 1 aliphatic rings. The summed E-state index contributed by atoms with van der Waals surface area (Å²) in [6, 6.07) is 3.28. The van der Waals surface area contributed by atoms with Crippen molar-refractivity contribution in [1.29, 1.82) is 0 Å². The monoisotopic (exact) mass is 217 g/mol. The van der Waals surface area contributed by atoms with Gasteiger partial charge in [0.1, 0.15) is 12.7 Å². The van der Waals surface area contributed by atoms with Gasteiger partial charge in [0.25, 0.3) is 0 Å². The van der Waals surface area contributed by atoms with Gasteiger partial charge in [0, 0.05) is 12.1 Å². The summed E-state index contributed by atoms with van der Waals surface area (Å²) in [6.07, 6.45) is -0.190. The van der Waals surface area contributed by atoms with Gasteiger partial charge < -0.3 is 9.47 Å². The standard InChI is InChI=1S/C9H7Cl2O2/c1-5-4-12-8-2-6(10)7(11)3-9(8)13-5/h2-3,5H,1,4H2/t5-/m0/s1. The molecular weight excluding hydrogens is 211 g/mol. The number of hydrogen-bond acceptors (Lipinski definition) is 2. The fourth-order valence-electron chi connectivity index (χ4n) is 1.11. The quantitative estimate of drug-likeness (QED) is 0.666. The van der Waals surface area contributed by atoms with Crippen LogP contribution < -0.4 is 9.47 Å². The number of rotatable bonds is 0. The second-order valence-electron chi connectivity index (χ2n) is 2.76. The Labute approximate surface area is 86.4 Å². The van der Waals surface area contributed by atoms with Gasteiger partial charge in [-0.25, -0.2) is 0 Å². The van der Waals surface area contributed by atoms with Crippen LogP contribution in [0.15, 0.2) is 12.1 Å². The van der Waals surface area contributed by atoms with Crippen molar-refractivity contribution >= 4 is 23.2 Å². The summed E-state index contributed by atoms with van der Waals surface area (Å²) in [7, 11) is 0. The van der Waals surface area contributed by atoms with E-state index in [1.54, 1.807) is 12.1 Å². The Morgan fingerprint density at radius 3 is 2.54 bits per heavy atom. The normalized spacial score (nSPS) is 20.1. The molecule has 0 saturated heterocycles. The second kappa shape index (κ2) is 3.28. The molecule has 0 aliphatic carbocycles. The van der Waals surface area contributed by atoms with E-state index in [0.717, 1.165) is 0 Å². The average Bonchev–Trinajstić information content (AvgIpc) is 2.08. The third-order valence-corrected chi connectivity index (χ3v) is 2.43. The molecular formula is C9H7Cl2O2. The SMILES string of the molecule is [CH2][C@H]1COc2cc(Cl)c(Cl)cc2O1. The molecule has 0 unspecified atom stereocenters.